The molecule has 4 rings (SSSR count). The third-order valence-corrected chi connectivity index (χ3v) is 4.72. The minimum atomic E-state index is 0.460. The number of nitrogens with two attached hydrogens (primary N) is 1. The Morgan fingerprint density at radius 2 is 1.77 bits per heavy atom. The molecule has 0 aliphatic heterocycles. The number of hydrogen-bond donors (Lipinski definition) is 2. The van der Waals surface area contributed by atoms with Crippen LogP contribution in [-0.4, -0.2) is 22.3 Å². The van der Waals surface area contributed by atoms with E-state index in [2.05, 4.69) is 15.2 Å². The van der Waals surface area contributed by atoms with Crippen LogP contribution in [0.1, 0.15) is 0 Å². The Bertz CT molecular complexity index is 1110. The van der Waals surface area contributed by atoms with Crippen LogP contribution in [0.25, 0.3) is 33.4 Å². The van der Waals surface area contributed by atoms with Crippen LogP contribution in [0, 0.1) is 0 Å². The number of anilines is 1. The lowest BCUT2D eigenvalue weighted by Gasteiger charge is -2.10. The first-order valence-corrected chi connectivity index (χ1v) is 8.57. The minimum absolute atomic E-state index is 0.460. The number of aromatic nitrogens is 3. The molecule has 2 aromatic heterocycles. The third-order valence-electron chi connectivity index (χ3n) is 4.16. The lowest BCUT2D eigenvalue weighted by molar-refractivity contribution is 0.415. The van der Waals surface area contributed by atoms with Gasteiger partial charge in [0.25, 0.3) is 0 Å². The topological polar surface area (TPSA) is 76.8 Å². The maximum atomic E-state index is 6.36. The maximum Gasteiger partial charge on any atom is 0.184 e. The summed E-state index contributed by atoms with van der Waals surface area (Å²) in [5.41, 5.74) is 9.86. The van der Waals surface area contributed by atoms with Crippen LogP contribution < -0.4 is 10.5 Å². The fraction of sp³-hybridized carbons (Fsp3) is 0.0526. The van der Waals surface area contributed by atoms with Crippen molar-refractivity contribution in [2.45, 2.75) is 0 Å². The van der Waals surface area contributed by atoms with Crippen LogP contribution in [0.5, 0.6) is 5.75 Å². The first kappa shape index (κ1) is 16.7. The molecule has 0 spiro atoms. The number of rotatable bonds is 3. The molecule has 0 saturated carbocycles. The van der Waals surface area contributed by atoms with E-state index in [1.54, 1.807) is 25.3 Å². The molecule has 0 aliphatic rings. The van der Waals surface area contributed by atoms with E-state index in [0.29, 0.717) is 27.2 Å². The van der Waals surface area contributed by atoms with Crippen LogP contribution in [-0.2, 0) is 0 Å². The van der Waals surface area contributed by atoms with Crippen LogP contribution in [0.2, 0.25) is 10.0 Å². The smallest absolute Gasteiger partial charge is 0.184 e. The number of pyridine rings is 1. The van der Waals surface area contributed by atoms with Gasteiger partial charge in [-0.05, 0) is 47.5 Å². The Hall–Kier alpha value is -2.76. The lowest BCUT2D eigenvalue weighted by atomic mass is 10.00. The van der Waals surface area contributed by atoms with Crippen molar-refractivity contribution in [3.05, 3.63) is 58.6 Å². The number of nitrogens with zero attached hydrogens (tertiary/aromatic N) is 2. The van der Waals surface area contributed by atoms with Gasteiger partial charge in [0.1, 0.15) is 11.6 Å². The first-order valence-electron chi connectivity index (χ1n) is 7.81. The Balaban J connectivity index is 1.98. The van der Waals surface area contributed by atoms with E-state index in [-0.39, 0.29) is 0 Å². The molecule has 0 aliphatic carbocycles. The van der Waals surface area contributed by atoms with Crippen LogP contribution in [0.15, 0.2) is 48.5 Å². The second-order valence-electron chi connectivity index (χ2n) is 5.74. The summed E-state index contributed by atoms with van der Waals surface area (Å²) in [4.78, 5) is 4.60. The quantitative estimate of drug-likeness (QED) is 0.509. The van der Waals surface area contributed by atoms with Gasteiger partial charge < -0.3 is 10.5 Å². The molecule has 3 N–H and O–H groups in total. The molecular formula is C19H14Cl2N4O. The van der Waals surface area contributed by atoms with E-state index in [1.165, 1.54) is 0 Å². The van der Waals surface area contributed by atoms with Crippen molar-refractivity contribution in [3.8, 4) is 28.1 Å². The molecule has 7 heteroatoms. The number of H-pyrrole nitrogens is 1. The number of aromatic amines is 1. The van der Waals surface area contributed by atoms with E-state index in [4.69, 9.17) is 33.7 Å². The molecule has 2 heterocycles. The zero-order valence-corrected chi connectivity index (χ0v) is 15.3. The molecule has 0 bridgehead atoms. The fourth-order valence-corrected chi connectivity index (χ4v) is 3.26. The van der Waals surface area contributed by atoms with Gasteiger partial charge in [-0.2, -0.15) is 5.10 Å². The molecule has 0 amide bonds. The van der Waals surface area contributed by atoms with E-state index in [9.17, 15) is 0 Å². The highest BCUT2D eigenvalue weighted by atomic mass is 35.5. The zero-order valence-electron chi connectivity index (χ0n) is 13.8. The highest BCUT2D eigenvalue weighted by Crippen LogP contribution is 2.37. The number of hydrogen-bond acceptors (Lipinski definition) is 4. The molecule has 0 unspecified atom stereocenters. The molecule has 2 aromatic carbocycles. The molecule has 0 fully saturated rings. The van der Waals surface area contributed by atoms with Crippen LogP contribution >= 0.6 is 23.2 Å². The highest BCUT2D eigenvalue weighted by Gasteiger charge is 2.16. The summed E-state index contributed by atoms with van der Waals surface area (Å²) in [5.74, 6) is 1.24. The monoisotopic (exact) mass is 384 g/mol. The number of nitrogen functional groups attached to an aromatic ring is 1. The summed E-state index contributed by atoms with van der Waals surface area (Å²) in [6.45, 7) is 0. The number of methoxy groups -OCH3 is 1. The average molecular weight is 385 g/mol. The maximum absolute atomic E-state index is 6.36. The summed E-state index contributed by atoms with van der Waals surface area (Å²) in [7, 11) is 1.63. The predicted octanol–water partition coefficient (Wildman–Crippen LogP) is 5.19. The normalized spacial score (nSPS) is 11.0. The second-order valence-corrected chi connectivity index (χ2v) is 6.59. The first-order chi connectivity index (χ1) is 12.6. The van der Waals surface area contributed by atoms with E-state index in [1.807, 2.05) is 30.3 Å². The molecule has 4 aromatic rings. The Kier molecular flexibility index (Phi) is 4.18. The summed E-state index contributed by atoms with van der Waals surface area (Å²) in [6.07, 6.45) is 0. The summed E-state index contributed by atoms with van der Waals surface area (Å²) in [6, 6.07) is 14.9. The number of ether oxygens (including phenoxy) is 1. The van der Waals surface area contributed by atoms with Gasteiger partial charge in [-0.3, -0.25) is 5.10 Å². The molecular weight excluding hydrogens is 371 g/mol. The molecule has 130 valence electrons. The van der Waals surface area contributed by atoms with Gasteiger partial charge in [-0.1, -0.05) is 35.3 Å². The third kappa shape index (κ3) is 2.85. The Morgan fingerprint density at radius 3 is 2.50 bits per heavy atom. The van der Waals surface area contributed by atoms with Gasteiger partial charge in [-0.15, -0.1) is 0 Å². The standard InChI is InChI=1S/C19H14Cl2N4O/c1-26-12-5-2-10(3-6-12)13-9-16(14-8-11(20)4-7-15(14)21)23-19-17(13)18(22)24-25-19/h2-9H,1H3,(H3,22,23,24,25). The molecule has 0 radical (unpaired) electrons. The van der Waals surface area contributed by atoms with Crippen molar-refractivity contribution < 1.29 is 4.74 Å². The average Bonchev–Trinajstić information content (AvgIpc) is 3.04. The SMILES string of the molecule is COc1ccc(-c2cc(-c3cc(Cl)ccc3Cl)nc3n[nH]c(N)c23)cc1. The minimum Gasteiger partial charge on any atom is -0.497 e. The fourth-order valence-electron chi connectivity index (χ4n) is 2.88. The number of nitrogens with one attached hydrogen (secondary N) is 1. The second kappa shape index (κ2) is 6.52. The van der Waals surface area contributed by atoms with Crippen molar-refractivity contribution in [1.82, 2.24) is 15.2 Å². The van der Waals surface area contributed by atoms with Gasteiger partial charge in [-0.25, -0.2) is 4.98 Å². The molecule has 5 nitrogen and oxygen atoms in total. The summed E-state index contributed by atoms with van der Waals surface area (Å²) in [5, 5.41) is 8.91. The van der Waals surface area contributed by atoms with Gasteiger partial charge in [0.15, 0.2) is 5.65 Å². The summed E-state index contributed by atoms with van der Waals surface area (Å²) >= 11 is 12.5. The van der Waals surface area contributed by atoms with E-state index < -0.39 is 0 Å². The Morgan fingerprint density at radius 1 is 1.00 bits per heavy atom. The Labute approximate surface area is 159 Å². The van der Waals surface area contributed by atoms with Crippen molar-refractivity contribution in [3.63, 3.8) is 0 Å². The van der Waals surface area contributed by atoms with Crippen LogP contribution in [0.4, 0.5) is 5.82 Å². The molecule has 0 saturated heterocycles. The summed E-state index contributed by atoms with van der Waals surface area (Å²) < 4.78 is 5.24. The molecule has 26 heavy (non-hydrogen) atoms. The lowest BCUT2D eigenvalue weighted by Crippen LogP contribution is -1.92. The number of benzene rings is 2. The predicted molar refractivity (Wildman–Crippen MR) is 106 cm³/mol. The largest absolute Gasteiger partial charge is 0.497 e. The number of fused-ring (bicyclic) bond motifs is 1. The van der Waals surface area contributed by atoms with Crippen molar-refractivity contribution >= 4 is 40.1 Å². The van der Waals surface area contributed by atoms with Gasteiger partial charge in [0, 0.05) is 10.6 Å². The van der Waals surface area contributed by atoms with Crippen molar-refractivity contribution in [2.75, 3.05) is 12.8 Å². The van der Waals surface area contributed by atoms with Crippen molar-refractivity contribution in [2.24, 2.45) is 0 Å². The van der Waals surface area contributed by atoms with Gasteiger partial charge in [0.05, 0.1) is 23.2 Å². The number of halogens is 2. The van der Waals surface area contributed by atoms with Crippen LogP contribution in [0.3, 0.4) is 0 Å². The zero-order chi connectivity index (χ0) is 18.3. The van der Waals surface area contributed by atoms with Gasteiger partial charge in [0.2, 0.25) is 0 Å². The van der Waals surface area contributed by atoms with E-state index in [0.717, 1.165) is 27.8 Å². The van der Waals surface area contributed by atoms with Gasteiger partial charge >= 0.3 is 0 Å². The van der Waals surface area contributed by atoms with Crippen molar-refractivity contribution in [1.29, 1.82) is 0 Å². The molecule has 0 atom stereocenters. The highest BCUT2D eigenvalue weighted by molar-refractivity contribution is 6.35. The van der Waals surface area contributed by atoms with E-state index >= 15 is 0 Å².